The van der Waals surface area contributed by atoms with E-state index in [2.05, 4.69) is 33.1 Å². The molecular formula is C23H25BrN2O2S. The molecule has 1 aliphatic carbocycles. The van der Waals surface area contributed by atoms with Crippen LogP contribution < -0.4 is 5.32 Å². The van der Waals surface area contributed by atoms with E-state index in [1.54, 1.807) is 17.8 Å². The molecule has 1 unspecified atom stereocenters. The van der Waals surface area contributed by atoms with Gasteiger partial charge in [-0.15, -0.1) is 0 Å². The number of phenols is 1. The molecule has 2 aromatic rings. The number of thioether (sulfide) groups is 1. The average Bonchev–Trinajstić information content (AvgIpc) is 3.01. The Hall–Kier alpha value is -1.92. The van der Waals surface area contributed by atoms with Gasteiger partial charge in [-0.2, -0.15) is 0 Å². The second-order valence-corrected chi connectivity index (χ2v) is 9.72. The monoisotopic (exact) mass is 472 g/mol. The molecule has 1 heterocycles. The number of nitrogens with one attached hydrogen (secondary N) is 1. The lowest BCUT2D eigenvalue weighted by atomic mass is 9.85. The molecule has 0 aromatic heterocycles. The molecule has 1 aliphatic heterocycles. The normalized spacial score (nSPS) is 26.1. The molecule has 1 saturated carbocycles. The minimum Gasteiger partial charge on any atom is -0.507 e. The fourth-order valence-electron chi connectivity index (χ4n) is 4.13. The smallest absolute Gasteiger partial charge is 0.262 e. The predicted octanol–water partition coefficient (Wildman–Crippen LogP) is 6.05. The summed E-state index contributed by atoms with van der Waals surface area (Å²) in [5.74, 6) is 0.778. The summed E-state index contributed by atoms with van der Waals surface area (Å²) in [5, 5.41) is 13.3. The van der Waals surface area contributed by atoms with Gasteiger partial charge in [0.2, 0.25) is 0 Å². The maximum absolute atomic E-state index is 13.4. The Kier molecular flexibility index (Phi) is 6.20. The van der Waals surface area contributed by atoms with Crippen LogP contribution in [0.5, 0.6) is 5.75 Å². The Morgan fingerprint density at radius 3 is 2.66 bits per heavy atom. The van der Waals surface area contributed by atoms with Gasteiger partial charge in [0.1, 0.15) is 5.75 Å². The molecule has 4 rings (SSSR count). The highest BCUT2D eigenvalue weighted by Crippen LogP contribution is 2.42. The number of para-hydroxylation sites is 1. The quantitative estimate of drug-likeness (QED) is 0.532. The fraction of sp³-hybridized carbons (Fsp3) is 0.348. The van der Waals surface area contributed by atoms with Gasteiger partial charge in [0.15, 0.2) is 5.50 Å². The Bertz CT molecular complexity index is 918. The van der Waals surface area contributed by atoms with Gasteiger partial charge in [-0.25, -0.2) is 0 Å². The number of nitrogens with zero attached hydrogens (tertiary/aromatic N) is 1. The van der Waals surface area contributed by atoms with Crippen molar-refractivity contribution in [2.24, 2.45) is 5.92 Å². The third kappa shape index (κ3) is 4.48. The highest BCUT2D eigenvalue weighted by atomic mass is 79.9. The molecule has 1 amide bonds. The Morgan fingerprint density at radius 2 is 1.93 bits per heavy atom. The molecule has 1 saturated heterocycles. The molecule has 3 atom stereocenters. The van der Waals surface area contributed by atoms with Crippen LogP contribution >= 0.6 is 27.7 Å². The van der Waals surface area contributed by atoms with E-state index in [0.717, 1.165) is 22.6 Å². The second kappa shape index (κ2) is 8.84. The number of benzene rings is 2. The zero-order valence-corrected chi connectivity index (χ0v) is 18.7. The molecule has 4 nitrogen and oxygen atoms in total. The fourth-order valence-corrected chi connectivity index (χ4v) is 5.74. The van der Waals surface area contributed by atoms with Crippen LogP contribution in [0.25, 0.3) is 6.08 Å². The lowest BCUT2D eigenvalue weighted by Crippen LogP contribution is -2.48. The maximum atomic E-state index is 13.4. The summed E-state index contributed by atoms with van der Waals surface area (Å²) >= 11 is 4.93. The standard InChI is InChI=1S/C23H25BrN2O2S/c1-15-7-5-6-10-19(15)26-22(28)21(14-16-11-12-20(27)18(24)13-16)29-23(26)25-17-8-3-2-4-9-17/h2-4,8-9,11-15,19,23,25,27H,5-7,10H2,1H3/b21-14-/t15-,19+,23?/m1/s1. The van der Waals surface area contributed by atoms with E-state index in [-0.39, 0.29) is 23.2 Å². The van der Waals surface area contributed by atoms with Crippen LogP contribution in [0.15, 0.2) is 57.9 Å². The van der Waals surface area contributed by atoms with Crippen LogP contribution in [0.2, 0.25) is 0 Å². The molecule has 2 fully saturated rings. The van der Waals surface area contributed by atoms with Crippen LogP contribution in [0, 0.1) is 5.92 Å². The van der Waals surface area contributed by atoms with Crippen molar-refractivity contribution in [3.05, 3.63) is 63.5 Å². The number of halogens is 1. The minimum atomic E-state index is -0.123. The summed E-state index contributed by atoms with van der Waals surface area (Å²) in [6.07, 6.45) is 6.56. The number of phenolic OH excluding ortho intramolecular Hbond substituents is 1. The summed E-state index contributed by atoms with van der Waals surface area (Å²) in [5.41, 5.74) is 1.78. The summed E-state index contributed by atoms with van der Waals surface area (Å²) < 4.78 is 0.624. The van der Waals surface area contributed by atoms with E-state index in [0.29, 0.717) is 10.4 Å². The van der Waals surface area contributed by atoms with E-state index in [1.807, 2.05) is 48.5 Å². The van der Waals surface area contributed by atoms with Gasteiger partial charge in [0.05, 0.1) is 9.38 Å². The van der Waals surface area contributed by atoms with Crippen molar-refractivity contribution in [1.29, 1.82) is 0 Å². The highest BCUT2D eigenvalue weighted by molar-refractivity contribution is 9.10. The first kappa shape index (κ1) is 20.4. The van der Waals surface area contributed by atoms with Crippen LogP contribution in [0.4, 0.5) is 5.69 Å². The predicted molar refractivity (Wildman–Crippen MR) is 123 cm³/mol. The van der Waals surface area contributed by atoms with Crippen molar-refractivity contribution in [2.75, 3.05) is 5.32 Å². The Morgan fingerprint density at radius 1 is 1.17 bits per heavy atom. The van der Waals surface area contributed by atoms with Gasteiger partial charge in [0.25, 0.3) is 5.91 Å². The van der Waals surface area contributed by atoms with E-state index < -0.39 is 0 Å². The molecule has 0 bridgehead atoms. The van der Waals surface area contributed by atoms with Crippen molar-refractivity contribution in [1.82, 2.24) is 4.90 Å². The maximum Gasteiger partial charge on any atom is 0.262 e. The van der Waals surface area contributed by atoms with E-state index in [1.165, 1.54) is 19.3 Å². The van der Waals surface area contributed by atoms with Crippen molar-refractivity contribution in [2.45, 2.75) is 44.1 Å². The Balaban J connectivity index is 1.65. The molecule has 2 aromatic carbocycles. The Labute approximate surface area is 184 Å². The van der Waals surface area contributed by atoms with Gasteiger partial charge >= 0.3 is 0 Å². The van der Waals surface area contributed by atoms with Crippen LogP contribution in [-0.2, 0) is 4.79 Å². The number of hydrogen-bond acceptors (Lipinski definition) is 4. The molecule has 152 valence electrons. The molecule has 2 aliphatic rings. The molecule has 0 spiro atoms. The number of anilines is 1. The number of hydrogen-bond donors (Lipinski definition) is 2. The van der Waals surface area contributed by atoms with Gasteiger partial charge in [-0.1, -0.05) is 55.8 Å². The first-order valence-corrected chi connectivity index (χ1v) is 11.7. The lowest BCUT2D eigenvalue weighted by molar-refractivity contribution is -0.129. The molecular weight excluding hydrogens is 448 g/mol. The third-order valence-corrected chi connectivity index (χ3v) is 7.44. The van der Waals surface area contributed by atoms with Crippen LogP contribution in [0.1, 0.15) is 38.2 Å². The molecule has 2 N–H and O–H groups in total. The van der Waals surface area contributed by atoms with E-state index in [4.69, 9.17) is 0 Å². The van der Waals surface area contributed by atoms with Crippen molar-refractivity contribution in [3.63, 3.8) is 0 Å². The third-order valence-electron chi connectivity index (χ3n) is 5.69. The summed E-state index contributed by atoms with van der Waals surface area (Å²) in [7, 11) is 0. The molecule has 6 heteroatoms. The minimum absolute atomic E-state index is 0.0892. The van der Waals surface area contributed by atoms with Gasteiger partial charge in [-0.05, 0) is 70.6 Å². The van der Waals surface area contributed by atoms with E-state index >= 15 is 0 Å². The largest absolute Gasteiger partial charge is 0.507 e. The zero-order chi connectivity index (χ0) is 20.4. The number of carbonyl (C=O) groups is 1. The SMILES string of the molecule is C[C@@H]1CCCC[C@@H]1N1C(=O)/C(=C/c2ccc(O)c(Br)c2)SC1Nc1ccccc1. The lowest BCUT2D eigenvalue weighted by Gasteiger charge is -2.39. The summed E-state index contributed by atoms with van der Waals surface area (Å²) in [4.78, 5) is 16.2. The first-order chi connectivity index (χ1) is 14.0. The number of amides is 1. The summed E-state index contributed by atoms with van der Waals surface area (Å²) in [6.45, 7) is 2.26. The highest BCUT2D eigenvalue weighted by Gasteiger charge is 2.42. The first-order valence-electron chi connectivity index (χ1n) is 10.0. The number of rotatable bonds is 4. The second-order valence-electron chi connectivity index (χ2n) is 7.74. The van der Waals surface area contributed by atoms with Crippen molar-refractivity contribution in [3.8, 4) is 5.75 Å². The average molecular weight is 473 g/mol. The molecule has 29 heavy (non-hydrogen) atoms. The van der Waals surface area contributed by atoms with Gasteiger partial charge in [-0.3, -0.25) is 4.79 Å². The van der Waals surface area contributed by atoms with Crippen LogP contribution in [-0.4, -0.2) is 27.5 Å². The van der Waals surface area contributed by atoms with Crippen molar-refractivity contribution >= 4 is 45.4 Å². The van der Waals surface area contributed by atoms with Gasteiger partial charge in [0, 0.05) is 11.7 Å². The zero-order valence-electron chi connectivity index (χ0n) is 16.3. The van der Waals surface area contributed by atoms with E-state index in [9.17, 15) is 9.90 Å². The number of carbonyl (C=O) groups excluding carboxylic acids is 1. The van der Waals surface area contributed by atoms with Crippen molar-refractivity contribution < 1.29 is 9.90 Å². The van der Waals surface area contributed by atoms with Crippen LogP contribution in [0.3, 0.4) is 0 Å². The topological polar surface area (TPSA) is 52.6 Å². The summed E-state index contributed by atoms with van der Waals surface area (Å²) in [6, 6.07) is 15.6. The molecule has 0 radical (unpaired) electrons. The van der Waals surface area contributed by atoms with Gasteiger partial charge < -0.3 is 15.3 Å². The number of aromatic hydroxyl groups is 1.